The summed E-state index contributed by atoms with van der Waals surface area (Å²) < 4.78 is 5.64. The van der Waals surface area contributed by atoms with E-state index in [9.17, 15) is 0 Å². The van der Waals surface area contributed by atoms with E-state index in [4.69, 9.17) is 74.0 Å². The van der Waals surface area contributed by atoms with E-state index in [-0.39, 0.29) is 20.1 Å². The SMILES string of the molecule is Cl[13c]1[13cH][13c]2[13c](o[13c]3[13c](Cl)[13c](Cl)[13c](Cl)[13cH][13c]32)[13c](Cl)[13c]1Cl. The summed E-state index contributed by atoms with van der Waals surface area (Å²) in [6, 6.07) is 3.30. The van der Waals surface area contributed by atoms with E-state index in [1.165, 1.54) is 0 Å². The van der Waals surface area contributed by atoms with Crippen LogP contribution in [-0.2, 0) is 0 Å². The molecule has 3 aromatic rings. The van der Waals surface area contributed by atoms with Crippen molar-refractivity contribution in [3.8, 4) is 0 Å². The monoisotopic (exact) mass is 384 g/mol. The van der Waals surface area contributed by atoms with Crippen molar-refractivity contribution in [1.82, 2.24) is 0 Å². The van der Waals surface area contributed by atoms with Crippen LogP contribution in [0.5, 0.6) is 0 Å². The Balaban J connectivity index is 2.61. The van der Waals surface area contributed by atoms with Gasteiger partial charge in [-0.05, 0) is 12.1 Å². The molecule has 0 spiro atoms. The van der Waals surface area contributed by atoms with Gasteiger partial charge in [-0.15, -0.1) is 0 Å². The second kappa shape index (κ2) is 4.77. The third kappa shape index (κ3) is 1.99. The van der Waals surface area contributed by atoms with Crippen LogP contribution >= 0.6 is 69.6 Å². The Morgan fingerprint density at radius 1 is 0.579 bits per heavy atom. The quantitative estimate of drug-likeness (QED) is 0.364. The molecule has 0 aliphatic rings. The maximum atomic E-state index is 6.12. The van der Waals surface area contributed by atoms with Gasteiger partial charge in [0, 0.05) is 10.8 Å². The highest BCUT2D eigenvalue weighted by atomic mass is 35.5. The van der Waals surface area contributed by atoms with Gasteiger partial charge in [-0.1, -0.05) is 69.6 Å². The normalized spacial score (nSPS) is 11.7. The molecule has 0 unspecified atom stereocenters. The van der Waals surface area contributed by atoms with Gasteiger partial charge < -0.3 is 4.42 Å². The first kappa shape index (κ1) is 13.9. The van der Waals surface area contributed by atoms with Gasteiger partial charge in [0.05, 0.1) is 20.1 Å². The van der Waals surface area contributed by atoms with Crippen LogP contribution in [0.1, 0.15) is 0 Å². The molecule has 0 N–H and O–H groups in total. The molecule has 0 aliphatic carbocycles. The van der Waals surface area contributed by atoms with Crippen molar-refractivity contribution in [2.24, 2.45) is 0 Å². The fraction of sp³-hybridized carbons (Fsp3) is 0. The number of furan rings is 1. The molecular formula is C12H2Cl6O. The molecule has 0 bridgehead atoms. The summed E-state index contributed by atoms with van der Waals surface area (Å²) in [5.74, 6) is 0. The fourth-order valence-electron chi connectivity index (χ4n) is 1.86. The summed E-state index contributed by atoms with van der Waals surface area (Å²) >= 11 is 36.2. The molecule has 98 valence electrons. The minimum atomic E-state index is 0.225. The van der Waals surface area contributed by atoms with Crippen LogP contribution in [0.4, 0.5) is 0 Å². The molecular weight excluding hydrogens is 385 g/mol. The summed E-state index contributed by atoms with van der Waals surface area (Å²) in [5.41, 5.74) is 0.789. The first-order valence-corrected chi connectivity index (χ1v) is 7.21. The number of hydrogen-bond donors (Lipinski definition) is 0. The maximum absolute atomic E-state index is 6.12. The van der Waals surface area contributed by atoms with E-state index in [0.29, 0.717) is 32.0 Å². The zero-order chi connectivity index (χ0) is 13.9. The third-order valence-corrected chi connectivity index (χ3v) is 5.22. The van der Waals surface area contributed by atoms with E-state index in [2.05, 4.69) is 0 Å². The summed E-state index contributed by atoms with van der Waals surface area (Å²) in [4.78, 5) is 0. The van der Waals surface area contributed by atoms with Gasteiger partial charge in [-0.2, -0.15) is 0 Å². The first-order valence-electron chi connectivity index (χ1n) is 4.95. The second-order valence-electron chi connectivity index (χ2n) is 3.83. The van der Waals surface area contributed by atoms with Gasteiger partial charge in [0.2, 0.25) is 0 Å². The average molecular weight is 387 g/mol. The molecule has 1 aromatic heterocycles. The van der Waals surface area contributed by atoms with Crippen molar-refractivity contribution < 1.29 is 4.42 Å². The zero-order valence-electron chi connectivity index (χ0n) is 8.83. The topological polar surface area (TPSA) is 13.1 Å². The lowest BCUT2D eigenvalue weighted by Gasteiger charge is -2.00. The van der Waals surface area contributed by atoms with Crippen molar-refractivity contribution in [1.29, 1.82) is 0 Å². The smallest absolute Gasteiger partial charge is 0.155 e. The van der Waals surface area contributed by atoms with Gasteiger partial charge in [-0.3, -0.25) is 0 Å². The van der Waals surface area contributed by atoms with Crippen molar-refractivity contribution in [3.63, 3.8) is 0 Å². The van der Waals surface area contributed by atoms with E-state index < -0.39 is 0 Å². The lowest BCUT2D eigenvalue weighted by molar-refractivity contribution is 0.669. The summed E-state index contributed by atoms with van der Waals surface area (Å²) in [6.45, 7) is 0. The van der Waals surface area contributed by atoms with Crippen LogP contribution in [0.15, 0.2) is 16.5 Å². The van der Waals surface area contributed by atoms with Crippen molar-refractivity contribution in [3.05, 3.63) is 42.3 Å². The molecule has 0 radical (unpaired) electrons. The molecule has 0 saturated heterocycles. The lowest BCUT2D eigenvalue weighted by Crippen LogP contribution is -1.75. The molecule has 0 fully saturated rings. The number of hydrogen-bond acceptors (Lipinski definition) is 1. The van der Waals surface area contributed by atoms with Crippen LogP contribution in [0.2, 0.25) is 30.1 Å². The Morgan fingerprint density at radius 2 is 0.947 bits per heavy atom. The molecule has 1 nitrogen and oxygen atoms in total. The summed E-state index contributed by atoms with van der Waals surface area (Å²) in [6.07, 6.45) is 0. The summed E-state index contributed by atoms with van der Waals surface area (Å²) in [7, 11) is 0. The van der Waals surface area contributed by atoms with E-state index in [1.807, 2.05) is 0 Å². The molecule has 0 saturated carbocycles. The van der Waals surface area contributed by atoms with Crippen LogP contribution in [0, 0.1) is 0 Å². The zero-order valence-corrected chi connectivity index (χ0v) is 13.4. The van der Waals surface area contributed by atoms with Crippen molar-refractivity contribution >= 4 is 91.5 Å². The van der Waals surface area contributed by atoms with Gasteiger partial charge >= 0.3 is 0 Å². The fourth-order valence-corrected chi connectivity index (χ4v) is 3.13. The molecule has 19 heavy (non-hydrogen) atoms. The average Bonchev–Trinajstić information content (AvgIpc) is 2.73. The highest BCUT2D eigenvalue weighted by molar-refractivity contribution is 6.52. The van der Waals surface area contributed by atoms with Crippen LogP contribution in [0.3, 0.4) is 0 Å². The maximum Gasteiger partial charge on any atom is 0.155 e. The Labute approximate surface area is 137 Å². The molecule has 3 rings (SSSR count). The molecule has 7 heteroatoms. The van der Waals surface area contributed by atoms with E-state index in [1.54, 1.807) is 12.1 Å². The molecule has 0 amide bonds. The van der Waals surface area contributed by atoms with Gasteiger partial charge in [0.15, 0.2) is 11.2 Å². The molecule has 2 aromatic carbocycles. The number of halogens is 6. The third-order valence-electron chi connectivity index (χ3n) is 2.73. The van der Waals surface area contributed by atoms with Crippen LogP contribution in [-0.4, -0.2) is 0 Å². The van der Waals surface area contributed by atoms with E-state index >= 15 is 0 Å². The lowest BCUT2D eigenvalue weighted by atomic mass is 11.1. The van der Waals surface area contributed by atoms with Gasteiger partial charge in [0.25, 0.3) is 0 Å². The van der Waals surface area contributed by atoms with Crippen molar-refractivity contribution in [2.45, 2.75) is 0 Å². The molecule has 0 atom stereocenters. The summed E-state index contributed by atoms with van der Waals surface area (Å²) in [5, 5.41) is 2.90. The first-order chi connectivity index (χ1) is 8.91. The van der Waals surface area contributed by atoms with Crippen LogP contribution in [0.25, 0.3) is 21.9 Å². The molecule has 1 heterocycles. The number of benzene rings is 2. The Hall–Kier alpha value is -0.0200. The Kier molecular flexibility index (Phi) is 3.50. The predicted octanol–water partition coefficient (Wildman–Crippen LogP) is 7.51. The minimum Gasteiger partial charge on any atom is -0.453 e. The standard InChI is InChI=1S/C12H2Cl6O/c13-5-1-3-4-2-6(14)8(16)10(18)12(4)19-11(3)9(17)7(5)15/h1-2H/i1+1,2+1,3+1,4+1,5+1,6+1,7+1,8+1,9+1,10+1,11+1,12+1. The molecule has 0 aliphatic heterocycles. The van der Waals surface area contributed by atoms with Crippen molar-refractivity contribution in [2.75, 3.05) is 0 Å². The second-order valence-corrected chi connectivity index (χ2v) is 6.15. The highest BCUT2D eigenvalue weighted by Crippen LogP contribution is 2.45. The number of rotatable bonds is 0. The van der Waals surface area contributed by atoms with Gasteiger partial charge in [0.1, 0.15) is 10.0 Å². The van der Waals surface area contributed by atoms with Crippen LogP contribution < -0.4 is 0 Å². The largest absolute Gasteiger partial charge is 0.453 e. The Morgan fingerprint density at radius 3 is 1.32 bits per heavy atom. The highest BCUT2D eigenvalue weighted by Gasteiger charge is 2.20. The number of fused-ring (bicyclic) bond motifs is 3. The minimum absolute atomic E-state index is 0.225. The van der Waals surface area contributed by atoms with Gasteiger partial charge in [-0.25, -0.2) is 0 Å². The predicted molar refractivity (Wildman–Crippen MR) is 83.8 cm³/mol. The Bertz CT molecular complexity index is 767. The van der Waals surface area contributed by atoms with E-state index in [0.717, 1.165) is 0 Å².